The van der Waals surface area contributed by atoms with Crippen LogP contribution in [-0.4, -0.2) is 4.98 Å². The monoisotopic (exact) mass is 145 g/mol. The fraction of sp³-hybridized carbons (Fsp3) is 0. The first kappa shape index (κ1) is 7.29. The standard InChI is InChI=1S/C8H7N3/c9-5-8(6-10)7-1-3-11-4-2-7/h1-5H,9H2/b8-5-. The van der Waals surface area contributed by atoms with E-state index in [1.54, 1.807) is 24.5 Å². The van der Waals surface area contributed by atoms with Gasteiger partial charge in [-0.15, -0.1) is 0 Å². The molecule has 1 rings (SSSR count). The molecule has 0 aliphatic rings. The van der Waals surface area contributed by atoms with Crippen molar-refractivity contribution in [2.24, 2.45) is 5.73 Å². The quantitative estimate of drug-likeness (QED) is 0.597. The molecule has 0 fully saturated rings. The molecule has 0 atom stereocenters. The normalized spacial score (nSPS) is 10.6. The molecule has 0 bridgehead atoms. The van der Waals surface area contributed by atoms with Crippen LogP contribution in [0.15, 0.2) is 30.7 Å². The second kappa shape index (κ2) is 3.37. The van der Waals surface area contributed by atoms with Crippen molar-refractivity contribution in [2.45, 2.75) is 0 Å². The maximum absolute atomic E-state index is 8.56. The summed E-state index contributed by atoms with van der Waals surface area (Å²) in [4.78, 5) is 3.82. The lowest BCUT2D eigenvalue weighted by Crippen LogP contribution is -1.86. The number of nitriles is 1. The van der Waals surface area contributed by atoms with Crippen LogP contribution in [-0.2, 0) is 0 Å². The van der Waals surface area contributed by atoms with Gasteiger partial charge in [0, 0.05) is 18.6 Å². The minimum atomic E-state index is 0.465. The molecule has 0 saturated carbocycles. The van der Waals surface area contributed by atoms with Gasteiger partial charge in [-0.25, -0.2) is 0 Å². The third-order valence-corrected chi connectivity index (χ3v) is 1.28. The minimum absolute atomic E-state index is 0.465. The van der Waals surface area contributed by atoms with E-state index in [1.807, 2.05) is 6.07 Å². The van der Waals surface area contributed by atoms with E-state index in [0.29, 0.717) is 5.57 Å². The number of nitrogens with two attached hydrogens (primary N) is 1. The fourth-order valence-corrected chi connectivity index (χ4v) is 0.730. The summed E-state index contributed by atoms with van der Waals surface area (Å²) in [5, 5.41) is 8.56. The molecule has 0 saturated heterocycles. The van der Waals surface area contributed by atoms with Crippen molar-refractivity contribution in [3.05, 3.63) is 36.3 Å². The Morgan fingerprint density at radius 3 is 2.64 bits per heavy atom. The number of hydrogen-bond acceptors (Lipinski definition) is 3. The van der Waals surface area contributed by atoms with Crippen LogP contribution in [0.1, 0.15) is 5.56 Å². The lowest BCUT2D eigenvalue weighted by Gasteiger charge is -1.93. The number of hydrogen-bond donors (Lipinski definition) is 1. The van der Waals surface area contributed by atoms with Crippen LogP contribution in [0.2, 0.25) is 0 Å². The van der Waals surface area contributed by atoms with Crippen LogP contribution in [0.25, 0.3) is 5.57 Å². The Labute approximate surface area is 64.8 Å². The van der Waals surface area contributed by atoms with E-state index in [9.17, 15) is 0 Å². The zero-order valence-corrected chi connectivity index (χ0v) is 5.86. The summed E-state index contributed by atoms with van der Waals surface area (Å²) in [5.41, 5.74) is 6.47. The SMILES string of the molecule is N#C/C(=C/N)c1ccncc1. The molecule has 0 radical (unpaired) electrons. The van der Waals surface area contributed by atoms with Gasteiger partial charge in [0.15, 0.2) is 0 Å². The average molecular weight is 145 g/mol. The van der Waals surface area contributed by atoms with Crippen LogP contribution in [0, 0.1) is 11.3 Å². The first-order valence-corrected chi connectivity index (χ1v) is 3.11. The van der Waals surface area contributed by atoms with E-state index in [1.165, 1.54) is 6.20 Å². The Balaban J connectivity index is 3.05. The highest BCUT2D eigenvalue weighted by atomic mass is 14.6. The lowest BCUT2D eigenvalue weighted by molar-refractivity contribution is 1.31. The Morgan fingerprint density at radius 1 is 1.55 bits per heavy atom. The summed E-state index contributed by atoms with van der Waals surface area (Å²) in [6, 6.07) is 5.45. The topological polar surface area (TPSA) is 62.7 Å². The van der Waals surface area contributed by atoms with Gasteiger partial charge >= 0.3 is 0 Å². The third kappa shape index (κ3) is 1.55. The summed E-state index contributed by atoms with van der Waals surface area (Å²) in [6.07, 6.45) is 4.53. The summed E-state index contributed by atoms with van der Waals surface area (Å²) >= 11 is 0. The Kier molecular flexibility index (Phi) is 2.24. The van der Waals surface area contributed by atoms with E-state index in [-0.39, 0.29) is 0 Å². The molecular formula is C8H7N3. The molecule has 1 heterocycles. The van der Waals surface area contributed by atoms with Crippen molar-refractivity contribution < 1.29 is 0 Å². The molecule has 0 aromatic carbocycles. The van der Waals surface area contributed by atoms with Crippen molar-refractivity contribution in [1.29, 1.82) is 5.26 Å². The smallest absolute Gasteiger partial charge is 0.101 e. The predicted molar refractivity (Wildman–Crippen MR) is 42.0 cm³/mol. The lowest BCUT2D eigenvalue weighted by atomic mass is 10.1. The molecule has 0 aliphatic heterocycles. The van der Waals surface area contributed by atoms with Gasteiger partial charge in [-0.2, -0.15) is 5.26 Å². The minimum Gasteiger partial charge on any atom is -0.404 e. The molecule has 1 aromatic heterocycles. The molecule has 0 amide bonds. The molecule has 2 N–H and O–H groups in total. The van der Waals surface area contributed by atoms with Gasteiger partial charge in [-0.05, 0) is 17.7 Å². The third-order valence-electron chi connectivity index (χ3n) is 1.28. The van der Waals surface area contributed by atoms with Crippen molar-refractivity contribution in [3.8, 4) is 6.07 Å². The highest BCUT2D eigenvalue weighted by Gasteiger charge is 1.95. The van der Waals surface area contributed by atoms with Crippen molar-refractivity contribution in [2.75, 3.05) is 0 Å². The van der Waals surface area contributed by atoms with Crippen molar-refractivity contribution >= 4 is 5.57 Å². The number of allylic oxidation sites excluding steroid dienone is 1. The highest BCUT2D eigenvalue weighted by molar-refractivity contribution is 5.75. The van der Waals surface area contributed by atoms with Crippen LogP contribution in [0.5, 0.6) is 0 Å². The maximum Gasteiger partial charge on any atom is 0.101 e. The summed E-state index contributed by atoms with van der Waals surface area (Å²) in [5.74, 6) is 0. The van der Waals surface area contributed by atoms with Crippen LogP contribution in [0.3, 0.4) is 0 Å². The van der Waals surface area contributed by atoms with Gasteiger partial charge in [0.1, 0.15) is 6.07 Å². The van der Waals surface area contributed by atoms with Crippen LogP contribution < -0.4 is 5.73 Å². The second-order valence-electron chi connectivity index (χ2n) is 1.93. The summed E-state index contributed by atoms with van der Waals surface area (Å²) in [7, 11) is 0. The van der Waals surface area contributed by atoms with E-state index < -0.39 is 0 Å². The van der Waals surface area contributed by atoms with Crippen LogP contribution in [0.4, 0.5) is 0 Å². The molecular weight excluding hydrogens is 138 g/mol. The molecule has 54 valence electrons. The second-order valence-corrected chi connectivity index (χ2v) is 1.93. The van der Waals surface area contributed by atoms with E-state index in [4.69, 9.17) is 11.0 Å². The first-order valence-electron chi connectivity index (χ1n) is 3.11. The first-order chi connectivity index (χ1) is 5.38. The van der Waals surface area contributed by atoms with Gasteiger partial charge in [0.05, 0.1) is 5.57 Å². The molecule has 3 nitrogen and oxygen atoms in total. The van der Waals surface area contributed by atoms with Gasteiger partial charge in [0.25, 0.3) is 0 Å². The van der Waals surface area contributed by atoms with Gasteiger partial charge in [-0.3, -0.25) is 4.98 Å². The Bertz CT molecular complexity index is 295. The number of aromatic nitrogens is 1. The maximum atomic E-state index is 8.56. The Morgan fingerprint density at radius 2 is 2.18 bits per heavy atom. The van der Waals surface area contributed by atoms with Gasteiger partial charge in [-0.1, -0.05) is 0 Å². The molecule has 0 unspecified atom stereocenters. The van der Waals surface area contributed by atoms with E-state index in [0.717, 1.165) is 5.56 Å². The summed E-state index contributed by atoms with van der Waals surface area (Å²) in [6.45, 7) is 0. The zero-order chi connectivity index (χ0) is 8.10. The predicted octanol–water partition coefficient (Wildman–Crippen LogP) is 0.905. The number of pyridine rings is 1. The van der Waals surface area contributed by atoms with Crippen molar-refractivity contribution in [3.63, 3.8) is 0 Å². The fourth-order valence-electron chi connectivity index (χ4n) is 0.730. The molecule has 0 aliphatic carbocycles. The molecule has 1 aromatic rings. The Hall–Kier alpha value is -1.82. The van der Waals surface area contributed by atoms with Crippen LogP contribution >= 0.6 is 0 Å². The number of nitrogens with zero attached hydrogens (tertiary/aromatic N) is 2. The molecule has 0 spiro atoms. The van der Waals surface area contributed by atoms with E-state index >= 15 is 0 Å². The van der Waals surface area contributed by atoms with E-state index in [2.05, 4.69) is 4.98 Å². The number of rotatable bonds is 1. The summed E-state index contributed by atoms with van der Waals surface area (Å²) < 4.78 is 0. The zero-order valence-electron chi connectivity index (χ0n) is 5.86. The van der Waals surface area contributed by atoms with Gasteiger partial charge in [0.2, 0.25) is 0 Å². The highest BCUT2D eigenvalue weighted by Crippen LogP contribution is 2.09. The molecule has 3 heteroatoms. The largest absolute Gasteiger partial charge is 0.404 e. The average Bonchev–Trinajstić information content (AvgIpc) is 2.09. The molecule has 11 heavy (non-hydrogen) atoms. The van der Waals surface area contributed by atoms with Gasteiger partial charge < -0.3 is 5.73 Å². The van der Waals surface area contributed by atoms with Crippen molar-refractivity contribution in [1.82, 2.24) is 4.98 Å².